The Morgan fingerprint density at radius 2 is 1.71 bits per heavy atom. The van der Waals surface area contributed by atoms with Crippen LogP contribution in [-0.2, 0) is 10.0 Å². The van der Waals surface area contributed by atoms with Crippen molar-refractivity contribution in [2.75, 3.05) is 5.75 Å². The molecule has 0 saturated carbocycles. The molecule has 1 rings (SSSR count). The van der Waals surface area contributed by atoms with Crippen molar-refractivity contribution in [3.63, 3.8) is 0 Å². The molecule has 78 valence electrons. The minimum Gasteiger partial charge on any atom is -0.576 e. The SMILES string of the molecule is CCS(=O)(=O)[N-]c1c(C)cccc1C. The highest BCUT2D eigenvalue weighted by Gasteiger charge is 1.98. The molecule has 0 atom stereocenters. The highest BCUT2D eigenvalue weighted by Crippen LogP contribution is 2.30. The van der Waals surface area contributed by atoms with Crippen LogP contribution in [0.3, 0.4) is 0 Å². The normalized spacial score (nSPS) is 11.4. The van der Waals surface area contributed by atoms with Gasteiger partial charge in [-0.3, -0.25) is 0 Å². The molecule has 0 heterocycles. The predicted molar refractivity (Wildman–Crippen MR) is 58.4 cm³/mol. The summed E-state index contributed by atoms with van der Waals surface area (Å²) in [7, 11) is -3.29. The van der Waals surface area contributed by atoms with Gasteiger partial charge in [-0.1, -0.05) is 36.2 Å². The molecule has 14 heavy (non-hydrogen) atoms. The van der Waals surface area contributed by atoms with E-state index in [0.717, 1.165) is 11.1 Å². The molecule has 0 aliphatic heterocycles. The Balaban J connectivity index is 3.09. The molecule has 0 N–H and O–H groups in total. The molecule has 4 heteroatoms. The Morgan fingerprint density at radius 3 is 2.14 bits per heavy atom. The summed E-state index contributed by atoms with van der Waals surface area (Å²) < 4.78 is 26.4. The van der Waals surface area contributed by atoms with Gasteiger partial charge in [0.25, 0.3) is 0 Å². The third kappa shape index (κ3) is 2.48. The zero-order valence-corrected chi connectivity index (χ0v) is 9.43. The molecule has 0 spiro atoms. The summed E-state index contributed by atoms with van der Waals surface area (Å²) in [6, 6.07) is 5.61. The summed E-state index contributed by atoms with van der Waals surface area (Å²) in [6.07, 6.45) is 0. The first-order chi connectivity index (χ1) is 6.46. The van der Waals surface area contributed by atoms with E-state index >= 15 is 0 Å². The maximum Gasteiger partial charge on any atom is 0.0935 e. The number of rotatable bonds is 3. The van der Waals surface area contributed by atoms with Crippen LogP contribution in [0, 0.1) is 13.8 Å². The molecular weight excluding hydrogens is 198 g/mol. The molecule has 0 bridgehead atoms. The van der Waals surface area contributed by atoms with Gasteiger partial charge in [-0.25, -0.2) is 8.42 Å². The molecular formula is C10H14NO2S-. The van der Waals surface area contributed by atoms with Crippen molar-refractivity contribution in [2.45, 2.75) is 20.8 Å². The second-order valence-electron chi connectivity index (χ2n) is 3.20. The molecule has 1 aromatic rings. The van der Waals surface area contributed by atoms with E-state index in [1.54, 1.807) is 6.92 Å². The molecule has 0 saturated heterocycles. The third-order valence-electron chi connectivity index (χ3n) is 2.03. The van der Waals surface area contributed by atoms with E-state index in [1.165, 1.54) is 0 Å². The topological polar surface area (TPSA) is 48.2 Å². The van der Waals surface area contributed by atoms with Gasteiger partial charge in [0.2, 0.25) is 0 Å². The summed E-state index contributed by atoms with van der Waals surface area (Å²) in [4.78, 5) is 0. The van der Waals surface area contributed by atoms with Crippen LogP contribution in [0.1, 0.15) is 18.1 Å². The van der Waals surface area contributed by atoms with Gasteiger partial charge in [-0.2, -0.15) is 0 Å². The first kappa shape index (κ1) is 11.0. The van der Waals surface area contributed by atoms with Gasteiger partial charge in [0.15, 0.2) is 0 Å². The van der Waals surface area contributed by atoms with Crippen molar-refractivity contribution in [3.05, 3.63) is 34.0 Å². The van der Waals surface area contributed by atoms with Gasteiger partial charge in [0.1, 0.15) is 0 Å². The molecule has 0 aliphatic rings. The molecule has 3 nitrogen and oxygen atoms in total. The summed E-state index contributed by atoms with van der Waals surface area (Å²) in [5, 5.41) is 0. The monoisotopic (exact) mass is 212 g/mol. The van der Waals surface area contributed by atoms with E-state index < -0.39 is 10.0 Å². The van der Waals surface area contributed by atoms with Crippen LogP contribution in [-0.4, -0.2) is 14.2 Å². The van der Waals surface area contributed by atoms with E-state index in [9.17, 15) is 8.42 Å². The molecule has 0 radical (unpaired) electrons. The van der Waals surface area contributed by atoms with Crippen LogP contribution >= 0.6 is 0 Å². The fraction of sp³-hybridized carbons (Fsp3) is 0.400. The number of hydrogen-bond donors (Lipinski definition) is 0. The van der Waals surface area contributed by atoms with Gasteiger partial charge in [0, 0.05) is 5.75 Å². The van der Waals surface area contributed by atoms with E-state index in [2.05, 4.69) is 4.72 Å². The van der Waals surface area contributed by atoms with Crippen LogP contribution in [0.5, 0.6) is 0 Å². The van der Waals surface area contributed by atoms with E-state index in [4.69, 9.17) is 0 Å². The second kappa shape index (κ2) is 4.00. The smallest absolute Gasteiger partial charge is 0.0935 e. The standard InChI is InChI=1S/C10H14NO2S/c1-4-14(12,13)11-10-8(2)6-5-7-9(10)3/h5-7H,4H2,1-3H3/q-1. The van der Waals surface area contributed by atoms with Crippen LogP contribution in [0.15, 0.2) is 18.2 Å². The Morgan fingerprint density at radius 1 is 1.21 bits per heavy atom. The van der Waals surface area contributed by atoms with Gasteiger partial charge in [-0.05, 0) is 13.8 Å². The van der Waals surface area contributed by atoms with Crippen molar-refractivity contribution >= 4 is 15.7 Å². The number of hydrogen-bond acceptors (Lipinski definition) is 2. The second-order valence-corrected chi connectivity index (χ2v) is 5.13. The van der Waals surface area contributed by atoms with Crippen LogP contribution in [0.25, 0.3) is 4.72 Å². The lowest BCUT2D eigenvalue weighted by atomic mass is 10.1. The largest absolute Gasteiger partial charge is 0.576 e. The minimum atomic E-state index is -3.29. The zero-order chi connectivity index (χ0) is 10.8. The van der Waals surface area contributed by atoms with Gasteiger partial charge < -0.3 is 4.72 Å². The van der Waals surface area contributed by atoms with E-state index in [-0.39, 0.29) is 5.75 Å². The lowest BCUT2D eigenvalue weighted by Gasteiger charge is -2.25. The average molecular weight is 212 g/mol. The van der Waals surface area contributed by atoms with E-state index in [0.29, 0.717) is 5.69 Å². The number of aryl methyl sites for hydroxylation is 2. The quantitative estimate of drug-likeness (QED) is 0.773. The first-order valence-electron chi connectivity index (χ1n) is 4.48. The fourth-order valence-electron chi connectivity index (χ4n) is 1.15. The van der Waals surface area contributed by atoms with E-state index in [1.807, 2.05) is 32.0 Å². The molecule has 0 aromatic heterocycles. The van der Waals surface area contributed by atoms with Crippen molar-refractivity contribution in [1.82, 2.24) is 0 Å². The molecule has 0 amide bonds. The Labute approximate surface area is 85.2 Å². The molecule has 0 fully saturated rings. The third-order valence-corrected chi connectivity index (χ3v) is 3.23. The van der Waals surface area contributed by atoms with Crippen LogP contribution in [0.4, 0.5) is 5.69 Å². The summed E-state index contributed by atoms with van der Waals surface area (Å²) >= 11 is 0. The maximum absolute atomic E-state index is 11.3. The van der Waals surface area contributed by atoms with Crippen molar-refractivity contribution in [2.24, 2.45) is 0 Å². The Bertz CT molecular complexity index is 403. The minimum absolute atomic E-state index is 0.0424. The van der Waals surface area contributed by atoms with Crippen molar-refractivity contribution in [3.8, 4) is 0 Å². The Hall–Kier alpha value is -1.03. The van der Waals surface area contributed by atoms with Crippen LogP contribution in [0.2, 0.25) is 0 Å². The molecule has 0 unspecified atom stereocenters. The number of sulfonamides is 1. The highest BCUT2D eigenvalue weighted by atomic mass is 32.2. The average Bonchev–Trinajstić information content (AvgIpc) is 2.12. The molecule has 1 aromatic carbocycles. The maximum atomic E-state index is 11.3. The van der Waals surface area contributed by atoms with Gasteiger partial charge in [0.05, 0.1) is 10.0 Å². The predicted octanol–water partition coefficient (Wildman–Crippen LogP) is 2.66. The summed E-state index contributed by atoms with van der Waals surface area (Å²) in [6.45, 7) is 5.31. The number of benzene rings is 1. The van der Waals surface area contributed by atoms with Gasteiger partial charge >= 0.3 is 0 Å². The summed E-state index contributed by atoms with van der Waals surface area (Å²) in [5.41, 5.74) is 2.36. The van der Waals surface area contributed by atoms with Gasteiger partial charge in [-0.15, -0.1) is 5.69 Å². The first-order valence-corrected chi connectivity index (χ1v) is 6.09. The van der Waals surface area contributed by atoms with Crippen molar-refractivity contribution < 1.29 is 8.42 Å². The zero-order valence-electron chi connectivity index (χ0n) is 8.61. The van der Waals surface area contributed by atoms with Crippen LogP contribution < -0.4 is 0 Å². The Kier molecular flexibility index (Phi) is 3.16. The number of nitrogens with zero attached hydrogens (tertiary/aromatic N) is 1. The molecule has 0 aliphatic carbocycles. The fourth-order valence-corrected chi connectivity index (χ4v) is 1.85. The van der Waals surface area contributed by atoms with Crippen molar-refractivity contribution in [1.29, 1.82) is 0 Å². The lowest BCUT2D eigenvalue weighted by Crippen LogP contribution is -2.00. The summed E-state index contributed by atoms with van der Waals surface area (Å²) in [5.74, 6) is 0.0424. The lowest BCUT2D eigenvalue weighted by molar-refractivity contribution is 0.604. The highest BCUT2D eigenvalue weighted by molar-refractivity contribution is 7.94.